The lowest BCUT2D eigenvalue weighted by Gasteiger charge is -2.23. The largest absolute Gasteiger partial charge is 0.481 e. The number of aliphatic hydroxyl groups excluding tert-OH is 1. The molecule has 21 heavy (non-hydrogen) atoms. The third-order valence-corrected chi connectivity index (χ3v) is 5.57. The number of hydrogen-bond donors (Lipinski definition) is 2. The third kappa shape index (κ3) is 3.41. The van der Waals surface area contributed by atoms with Crippen molar-refractivity contribution in [2.24, 2.45) is 17.8 Å². The molecular weight excluding hydrogens is 363 g/mol. The maximum absolute atomic E-state index is 14.0. The summed E-state index contributed by atoms with van der Waals surface area (Å²) < 4.78 is 14.5. The number of carboxylic acids is 1. The molecule has 116 valence electrons. The van der Waals surface area contributed by atoms with Crippen molar-refractivity contribution in [1.82, 2.24) is 0 Å². The third-order valence-electron chi connectivity index (χ3n) is 4.37. The van der Waals surface area contributed by atoms with Crippen molar-refractivity contribution in [2.75, 3.05) is 0 Å². The Balaban J connectivity index is 2.32. The van der Waals surface area contributed by atoms with Gasteiger partial charge in [0, 0.05) is 16.0 Å². The van der Waals surface area contributed by atoms with Crippen molar-refractivity contribution in [3.8, 4) is 0 Å². The van der Waals surface area contributed by atoms with Crippen molar-refractivity contribution >= 4 is 33.5 Å². The van der Waals surface area contributed by atoms with Gasteiger partial charge in [0.15, 0.2) is 0 Å². The molecule has 1 aliphatic rings. The van der Waals surface area contributed by atoms with Crippen LogP contribution in [-0.4, -0.2) is 16.2 Å². The highest BCUT2D eigenvalue weighted by Gasteiger charge is 2.42. The minimum atomic E-state index is -1.16. The Hall–Kier alpha value is -0.650. The Morgan fingerprint density at radius 3 is 2.76 bits per heavy atom. The second-order valence-electron chi connectivity index (χ2n) is 5.59. The van der Waals surface area contributed by atoms with Crippen LogP contribution < -0.4 is 0 Å². The van der Waals surface area contributed by atoms with E-state index in [-0.39, 0.29) is 11.5 Å². The molecule has 0 saturated heterocycles. The molecule has 0 aromatic heterocycles. The SMILES string of the molecule is CCC1CC(C(=O)O)C(C(O)c2cc(Cl)c(Br)cc2F)C1. The predicted molar refractivity (Wildman–Crippen MR) is 81.7 cm³/mol. The number of hydrogen-bond acceptors (Lipinski definition) is 2. The molecule has 0 heterocycles. The van der Waals surface area contributed by atoms with E-state index < -0.39 is 29.7 Å². The summed E-state index contributed by atoms with van der Waals surface area (Å²) in [6, 6.07) is 2.56. The van der Waals surface area contributed by atoms with Gasteiger partial charge in [-0.15, -0.1) is 0 Å². The normalized spacial score (nSPS) is 26.8. The molecule has 1 saturated carbocycles. The zero-order valence-corrected chi connectivity index (χ0v) is 13.9. The van der Waals surface area contributed by atoms with E-state index >= 15 is 0 Å². The second kappa shape index (κ2) is 6.63. The molecule has 1 aromatic carbocycles. The molecule has 4 atom stereocenters. The van der Waals surface area contributed by atoms with Gasteiger partial charge in [-0.25, -0.2) is 4.39 Å². The molecule has 1 aromatic rings. The summed E-state index contributed by atoms with van der Waals surface area (Å²) in [4.78, 5) is 11.4. The zero-order chi connectivity index (χ0) is 15.7. The first-order chi connectivity index (χ1) is 9.85. The van der Waals surface area contributed by atoms with Gasteiger partial charge in [0.1, 0.15) is 5.82 Å². The summed E-state index contributed by atoms with van der Waals surface area (Å²) in [6.45, 7) is 2.00. The fraction of sp³-hybridized carbons (Fsp3) is 0.533. The lowest BCUT2D eigenvalue weighted by atomic mass is 9.86. The number of aliphatic hydroxyl groups is 1. The molecule has 0 aliphatic heterocycles. The molecule has 3 nitrogen and oxygen atoms in total. The van der Waals surface area contributed by atoms with Crippen LogP contribution in [0.25, 0.3) is 0 Å². The predicted octanol–water partition coefficient (Wildman–Crippen LogP) is 4.41. The van der Waals surface area contributed by atoms with Crippen LogP contribution in [0.3, 0.4) is 0 Å². The standard InChI is InChI=1S/C15H17BrClFO3/c1-2-7-3-8(9(4-7)15(20)21)14(19)10-5-12(17)11(16)6-13(10)18/h5-9,14,19H,2-4H2,1H3,(H,20,21). The molecular formula is C15H17BrClFO3. The minimum absolute atomic E-state index is 0.0659. The summed E-state index contributed by atoms with van der Waals surface area (Å²) in [7, 11) is 0. The first-order valence-electron chi connectivity index (χ1n) is 6.90. The first-order valence-corrected chi connectivity index (χ1v) is 8.07. The van der Waals surface area contributed by atoms with Crippen molar-refractivity contribution in [3.05, 3.63) is 33.0 Å². The van der Waals surface area contributed by atoms with E-state index in [0.29, 0.717) is 22.3 Å². The van der Waals surface area contributed by atoms with Crippen LogP contribution in [0.1, 0.15) is 37.9 Å². The Morgan fingerprint density at radius 2 is 2.19 bits per heavy atom. The summed E-state index contributed by atoms with van der Waals surface area (Å²) in [5, 5.41) is 20.1. The smallest absolute Gasteiger partial charge is 0.306 e. The molecule has 6 heteroatoms. The molecule has 1 fully saturated rings. The van der Waals surface area contributed by atoms with Gasteiger partial charge >= 0.3 is 5.97 Å². The van der Waals surface area contributed by atoms with E-state index in [1.807, 2.05) is 6.92 Å². The number of aliphatic carboxylic acids is 1. The van der Waals surface area contributed by atoms with E-state index in [1.54, 1.807) is 0 Å². The van der Waals surface area contributed by atoms with Gasteiger partial charge in [0.25, 0.3) is 0 Å². The molecule has 2 N–H and O–H groups in total. The molecule has 0 radical (unpaired) electrons. The number of benzene rings is 1. The number of carbonyl (C=O) groups is 1. The molecule has 0 amide bonds. The molecule has 0 spiro atoms. The van der Waals surface area contributed by atoms with Crippen LogP contribution in [-0.2, 0) is 4.79 Å². The van der Waals surface area contributed by atoms with Crippen LogP contribution in [0, 0.1) is 23.6 Å². The summed E-state index contributed by atoms with van der Waals surface area (Å²) in [5.41, 5.74) is 0.0659. The van der Waals surface area contributed by atoms with E-state index in [4.69, 9.17) is 11.6 Å². The average Bonchev–Trinajstić information content (AvgIpc) is 2.86. The van der Waals surface area contributed by atoms with Gasteiger partial charge in [0.2, 0.25) is 0 Å². The highest BCUT2D eigenvalue weighted by Crippen LogP contribution is 2.45. The van der Waals surface area contributed by atoms with Gasteiger partial charge < -0.3 is 10.2 Å². The van der Waals surface area contributed by atoms with Gasteiger partial charge in [-0.2, -0.15) is 0 Å². The zero-order valence-electron chi connectivity index (χ0n) is 11.5. The van der Waals surface area contributed by atoms with Crippen LogP contribution >= 0.6 is 27.5 Å². The van der Waals surface area contributed by atoms with E-state index in [1.165, 1.54) is 12.1 Å². The van der Waals surface area contributed by atoms with Crippen molar-refractivity contribution in [2.45, 2.75) is 32.3 Å². The van der Waals surface area contributed by atoms with Gasteiger partial charge in [-0.1, -0.05) is 24.9 Å². The topological polar surface area (TPSA) is 57.5 Å². The fourth-order valence-corrected chi connectivity index (χ4v) is 3.63. The first kappa shape index (κ1) is 16.7. The van der Waals surface area contributed by atoms with E-state index in [9.17, 15) is 19.4 Å². The Labute approximate surface area is 136 Å². The summed E-state index contributed by atoms with van der Waals surface area (Å²) in [6.07, 6.45) is 0.811. The van der Waals surface area contributed by atoms with Crippen LogP contribution in [0.5, 0.6) is 0 Å². The lowest BCUT2D eigenvalue weighted by molar-refractivity contribution is -0.144. The Morgan fingerprint density at radius 1 is 1.52 bits per heavy atom. The van der Waals surface area contributed by atoms with Crippen molar-refractivity contribution < 1.29 is 19.4 Å². The quantitative estimate of drug-likeness (QED) is 0.762. The Kier molecular flexibility index (Phi) is 5.28. The van der Waals surface area contributed by atoms with Crippen molar-refractivity contribution in [3.63, 3.8) is 0 Å². The summed E-state index contributed by atoms with van der Waals surface area (Å²) >= 11 is 9.07. The van der Waals surface area contributed by atoms with Crippen molar-refractivity contribution in [1.29, 1.82) is 0 Å². The van der Waals surface area contributed by atoms with Gasteiger partial charge in [-0.05, 0) is 46.8 Å². The highest BCUT2D eigenvalue weighted by molar-refractivity contribution is 9.10. The molecule has 4 unspecified atom stereocenters. The highest BCUT2D eigenvalue weighted by atomic mass is 79.9. The maximum Gasteiger partial charge on any atom is 0.306 e. The molecule has 2 rings (SSSR count). The summed E-state index contributed by atoms with van der Waals surface area (Å²) in [5.74, 6) is -2.40. The Bertz CT molecular complexity index is 552. The van der Waals surface area contributed by atoms with Crippen LogP contribution in [0.15, 0.2) is 16.6 Å². The average molecular weight is 380 g/mol. The monoisotopic (exact) mass is 378 g/mol. The van der Waals surface area contributed by atoms with E-state index in [2.05, 4.69) is 15.9 Å². The number of halogens is 3. The minimum Gasteiger partial charge on any atom is -0.481 e. The van der Waals surface area contributed by atoms with Crippen LogP contribution in [0.4, 0.5) is 4.39 Å². The van der Waals surface area contributed by atoms with Gasteiger partial charge in [-0.3, -0.25) is 4.79 Å². The second-order valence-corrected chi connectivity index (χ2v) is 6.85. The molecule has 0 bridgehead atoms. The van der Waals surface area contributed by atoms with Crippen LogP contribution in [0.2, 0.25) is 5.02 Å². The van der Waals surface area contributed by atoms with E-state index in [0.717, 1.165) is 6.42 Å². The lowest BCUT2D eigenvalue weighted by Crippen LogP contribution is -2.24. The fourth-order valence-electron chi connectivity index (χ4n) is 3.14. The molecule has 1 aliphatic carbocycles. The number of rotatable bonds is 4. The maximum atomic E-state index is 14.0. The van der Waals surface area contributed by atoms with Gasteiger partial charge in [0.05, 0.1) is 17.0 Å². The number of carboxylic acid groups (broad SMARTS) is 1.